The second kappa shape index (κ2) is 5.90. The minimum atomic E-state index is -4.08. The number of sulfonamides is 1. The van der Waals surface area contributed by atoms with E-state index in [1.807, 2.05) is 0 Å². The quantitative estimate of drug-likeness (QED) is 0.818. The molecule has 1 aromatic rings. The molecule has 1 saturated heterocycles. The van der Waals surface area contributed by atoms with Gasteiger partial charge in [-0.2, -0.15) is 4.31 Å². The molecular formula is C13H15FN2O4S. The highest BCUT2D eigenvalue weighted by Crippen LogP contribution is 2.23. The summed E-state index contributed by atoms with van der Waals surface area (Å²) in [5.74, 6) is -2.08. The molecule has 1 fully saturated rings. The van der Waals surface area contributed by atoms with Gasteiger partial charge in [-0.15, -0.1) is 0 Å². The van der Waals surface area contributed by atoms with E-state index < -0.39 is 33.6 Å². The predicted molar refractivity (Wildman–Crippen MR) is 72.1 cm³/mol. The lowest BCUT2D eigenvalue weighted by Gasteiger charge is -2.25. The maximum atomic E-state index is 12.9. The van der Waals surface area contributed by atoms with Crippen LogP contribution in [0.2, 0.25) is 0 Å². The number of halogens is 1. The van der Waals surface area contributed by atoms with Gasteiger partial charge in [-0.1, -0.05) is 0 Å². The highest BCUT2D eigenvalue weighted by Gasteiger charge is 2.40. The lowest BCUT2D eigenvalue weighted by molar-refractivity contribution is -0.131. The number of hydrogen-bond donors (Lipinski definition) is 1. The summed E-state index contributed by atoms with van der Waals surface area (Å²) in [6.07, 6.45) is 1.07. The number of amides is 1. The third-order valence-electron chi connectivity index (χ3n) is 3.33. The molecule has 2 N–H and O–H groups in total. The summed E-state index contributed by atoms with van der Waals surface area (Å²) in [5, 5.41) is 0. The molecule has 0 bridgehead atoms. The number of ketones is 1. The number of Topliss-reactive ketones (excluding diaryl/α,β-unsaturated/α-hetero) is 1. The molecule has 1 aliphatic heterocycles. The zero-order chi connectivity index (χ0) is 15.6. The monoisotopic (exact) mass is 314 g/mol. The number of nitrogens with zero attached hydrogens (tertiary/aromatic N) is 1. The number of carbonyl (C=O) groups excluding carboxylic acids is 2. The minimum Gasteiger partial charge on any atom is -0.368 e. The molecular weight excluding hydrogens is 299 g/mol. The Balaban J connectivity index is 2.46. The highest BCUT2D eigenvalue weighted by molar-refractivity contribution is 7.89. The second-order valence-electron chi connectivity index (χ2n) is 4.80. The Morgan fingerprint density at radius 1 is 1.24 bits per heavy atom. The van der Waals surface area contributed by atoms with Crippen LogP contribution in [-0.4, -0.2) is 37.0 Å². The molecule has 0 aliphatic carbocycles. The van der Waals surface area contributed by atoms with E-state index in [9.17, 15) is 22.4 Å². The minimum absolute atomic E-state index is 0.0268. The van der Waals surface area contributed by atoms with Gasteiger partial charge in [-0.25, -0.2) is 12.8 Å². The second-order valence-corrected chi connectivity index (χ2v) is 6.69. The average molecular weight is 314 g/mol. The molecule has 1 aromatic carbocycles. The lowest BCUT2D eigenvalue weighted by atomic mass is 10.1. The molecule has 1 amide bonds. The topological polar surface area (TPSA) is 97.5 Å². The van der Waals surface area contributed by atoms with Gasteiger partial charge < -0.3 is 5.73 Å². The Labute approximate surface area is 121 Å². The van der Waals surface area contributed by atoms with Crippen LogP contribution in [0.3, 0.4) is 0 Å². The summed E-state index contributed by atoms with van der Waals surface area (Å²) in [6.45, 7) is 0.0268. The largest absolute Gasteiger partial charge is 0.368 e. The fourth-order valence-electron chi connectivity index (χ4n) is 2.29. The van der Waals surface area contributed by atoms with Crippen LogP contribution in [0.1, 0.15) is 19.3 Å². The van der Waals surface area contributed by atoms with Crippen molar-refractivity contribution < 1.29 is 22.4 Å². The number of primary amides is 1. The molecule has 1 atom stereocenters. The van der Waals surface area contributed by atoms with Crippen molar-refractivity contribution in [2.45, 2.75) is 30.2 Å². The van der Waals surface area contributed by atoms with Gasteiger partial charge >= 0.3 is 0 Å². The summed E-state index contributed by atoms with van der Waals surface area (Å²) < 4.78 is 38.8. The first-order chi connectivity index (χ1) is 9.84. The first-order valence-electron chi connectivity index (χ1n) is 6.43. The summed E-state index contributed by atoms with van der Waals surface area (Å²) in [7, 11) is -4.08. The van der Waals surface area contributed by atoms with Crippen LogP contribution in [0.5, 0.6) is 0 Å². The molecule has 114 valence electrons. The SMILES string of the molecule is NC(=O)C1C(=O)CCCCN1S(=O)(=O)c1ccc(F)cc1. The Morgan fingerprint density at radius 2 is 1.86 bits per heavy atom. The molecule has 2 rings (SSSR count). The number of hydrogen-bond acceptors (Lipinski definition) is 4. The molecule has 1 aliphatic rings. The molecule has 21 heavy (non-hydrogen) atoms. The van der Waals surface area contributed by atoms with Gasteiger partial charge in [0.1, 0.15) is 5.82 Å². The van der Waals surface area contributed by atoms with Crippen LogP contribution in [0.15, 0.2) is 29.2 Å². The van der Waals surface area contributed by atoms with E-state index in [0.29, 0.717) is 12.8 Å². The van der Waals surface area contributed by atoms with Crippen LogP contribution in [0.25, 0.3) is 0 Å². The summed E-state index contributed by atoms with van der Waals surface area (Å²) in [5.41, 5.74) is 5.19. The van der Waals surface area contributed by atoms with Gasteiger partial charge in [-0.05, 0) is 37.1 Å². The van der Waals surface area contributed by atoms with Crippen LogP contribution >= 0.6 is 0 Å². The van der Waals surface area contributed by atoms with E-state index in [2.05, 4.69) is 0 Å². The first-order valence-corrected chi connectivity index (χ1v) is 7.87. The van der Waals surface area contributed by atoms with E-state index in [-0.39, 0.29) is 17.9 Å². The van der Waals surface area contributed by atoms with Crippen molar-refractivity contribution in [3.63, 3.8) is 0 Å². The molecule has 0 spiro atoms. The Morgan fingerprint density at radius 3 is 2.43 bits per heavy atom. The van der Waals surface area contributed by atoms with Crippen molar-refractivity contribution in [3.05, 3.63) is 30.1 Å². The Kier molecular flexibility index (Phi) is 4.38. The van der Waals surface area contributed by atoms with Gasteiger partial charge in [0.15, 0.2) is 11.8 Å². The van der Waals surface area contributed by atoms with Crippen molar-refractivity contribution in [2.75, 3.05) is 6.54 Å². The van der Waals surface area contributed by atoms with Gasteiger partial charge in [0.2, 0.25) is 15.9 Å². The van der Waals surface area contributed by atoms with Gasteiger partial charge in [0, 0.05) is 13.0 Å². The smallest absolute Gasteiger partial charge is 0.244 e. The number of benzene rings is 1. The van der Waals surface area contributed by atoms with Crippen molar-refractivity contribution in [2.24, 2.45) is 5.73 Å². The van der Waals surface area contributed by atoms with E-state index in [4.69, 9.17) is 5.73 Å². The molecule has 8 heteroatoms. The van der Waals surface area contributed by atoms with Gasteiger partial charge in [-0.3, -0.25) is 9.59 Å². The maximum absolute atomic E-state index is 12.9. The average Bonchev–Trinajstić information content (AvgIpc) is 2.61. The summed E-state index contributed by atoms with van der Waals surface area (Å²) in [6, 6.07) is 2.70. The first kappa shape index (κ1) is 15.6. The molecule has 0 aromatic heterocycles. The zero-order valence-corrected chi connectivity index (χ0v) is 12.0. The molecule has 1 heterocycles. The van der Waals surface area contributed by atoms with Crippen molar-refractivity contribution in [1.29, 1.82) is 0 Å². The van der Waals surface area contributed by atoms with Crippen LogP contribution in [0.4, 0.5) is 4.39 Å². The Bertz CT molecular complexity index is 657. The number of nitrogens with two attached hydrogens (primary N) is 1. The number of carbonyl (C=O) groups is 2. The van der Waals surface area contributed by atoms with Crippen molar-refractivity contribution in [3.8, 4) is 0 Å². The zero-order valence-electron chi connectivity index (χ0n) is 11.2. The van der Waals surface area contributed by atoms with Crippen LogP contribution in [-0.2, 0) is 19.6 Å². The molecule has 1 unspecified atom stereocenters. The molecule has 0 saturated carbocycles. The van der Waals surface area contributed by atoms with Gasteiger partial charge in [0.05, 0.1) is 4.90 Å². The number of rotatable bonds is 3. The molecule has 6 nitrogen and oxygen atoms in total. The van der Waals surface area contributed by atoms with E-state index in [1.165, 1.54) is 0 Å². The molecule has 0 radical (unpaired) electrons. The van der Waals surface area contributed by atoms with Crippen molar-refractivity contribution in [1.82, 2.24) is 4.31 Å². The summed E-state index contributed by atoms with van der Waals surface area (Å²) in [4.78, 5) is 23.3. The van der Waals surface area contributed by atoms with Gasteiger partial charge in [0.25, 0.3) is 0 Å². The fraction of sp³-hybridized carbons (Fsp3) is 0.385. The van der Waals surface area contributed by atoms with E-state index in [0.717, 1.165) is 28.6 Å². The standard InChI is InChI=1S/C13H15FN2O4S/c14-9-4-6-10(7-5-9)21(19,20)16-8-2-1-3-11(17)12(16)13(15)18/h4-7,12H,1-3,8H2,(H2,15,18). The van der Waals surface area contributed by atoms with Crippen LogP contribution < -0.4 is 5.73 Å². The van der Waals surface area contributed by atoms with Crippen molar-refractivity contribution >= 4 is 21.7 Å². The Hall–Kier alpha value is -1.80. The van der Waals surface area contributed by atoms with E-state index >= 15 is 0 Å². The third-order valence-corrected chi connectivity index (χ3v) is 5.21. The highest BCUT2D eigenvalue weighted by atomic mass is 32.2. The maximum Gasteiger partial charge on any atom is 0.244 e. The summed E-state index contributed by atoms with van der Waals surface area (Å²) >= 11 is 0. The normalized spacial score (nSPS) is 21.0. The predicted octanol–water partition coefficient (Wildman–Crippen LogP) is 0.423. The lowest BCUT2D eigenvalue weighted by Crippen LogP contribution is -2.51. The third kappa shape index (κ3) is 3.11. The fourth-order valence-corrected chi connectivity index (χ4v) is 3.91. The van der Waals surface area contributed by atoms with Crippen LogP contribution in [0, 0.1) is 5.82 Å². The van der Waals surface area contributed by atoms with E-state index in [1.54, 1.807) is 0 Å².